The molecule has 13 heavy (non-hydrogen) atoms. The van der Waals surface area contributed by atoms with Gasteiger partial charge in [-0.2, -0.15) is 0 Å². The monoisotopic (exact) mass is 243 g/mol. The molecule has 0 aliphatic carbocycles. The summed E-state index contributed by atoms with van der Waals surface area (Å²) in [5, 5.41) is 3.03. The Hall–Kier alpha value is -0.830. The quantitative estimate of drug-likeness (QED) is 0.858. The Bertz CT molecular complexity index is 323. The Morgan fingerprint density at radius 1 is 1.62 bits per heavy atom. The van der Waals surface area contributed by atoms with Gasteiger partial charge >= 0.3 is 0 Å². The Balaban J connectivity index is 2.68. The molecule has 0 fully saturated rings. The number of hydrogen-bond donors (Lipinski definition) is 1. The Morgan fingerprint density at radius 2 is 2.31 bits per heavy atom. The summed E-state index contributed by atoms with van der Waals surface area (Å²) in [7, 11) is 0. The highest BCUT2D eigenvalue weighted by Gasteiger charge is 1.98. The first kappa shape index (κ1) is 10.3. The average molecular weight is 244 g/mol. The van der Waals surface area contributed by atoms with Crippen molar-refractivity contribution in [3.63, 3.8) is 0 Å². The van der Waals surface area contributed by atoms with Crippen molar-refractivity contribution in [3.8, 4) is 0 Å². The van der Waals surface area contributed by atoms with Gasteiger partial charge in [0, 0.05) is 16.7 Å². The van der Waals surface area contributed by atoms with E-state index >= 15 is 0 Å². The number of anilines is 1. The normalized spacial score (nSPS) is 9.77. The van der Waals surface area contributed by atoms with Crippen LogP contribution in [0.25, 0.3) is 0 Å². The third-order valence-electron chi connectivity index (χ3n) is 1.66. The van der Waals surface area contributed by atoms with Crippen LogP contribution in [0.4, 0.5) is 10.1 Å². The largest absolute Gasteiger partial charge is 0.380 e. The molecule has 0 atom stereocenters. The molecule has 0 saturated carbocycles. The van der Waals surface area contributed by atoms with Crippen LogP contribution in [0.15, 0.2) is 29.3 Å². The second kappa shape index (κ2) is 4.42. The molecular weight excluding hydrogens is 233 g/mol. The number of hydrogen-bond acceptors (Lipinski definition) is 1. The zero-order valence-electron chi connectivity index (χ0n) is 7.40. The van der Waals surface area contributed by atoms with Crippen LogP contribution in [0.1, 0.15) is 5.56 Å². The summed E-state index contributed by atoms with van der Waals surface area (Å²) in [5.41, 5.74) is 1.42. The van der Waals surface area contributed by atoms with Gasteiger partial charge in [0.25, 0.3) is 0 Å². The van der Waals surface area contributed by atoms with Crippen LogP contribution < -0.4 is 5.32 Å². The van der Waals surface area contributed by atoms with Crippen LogP contribution in [0.3, 0.4) is 0 Å². The predicted molar refractivity (Wildman–Crippen MR) is 57.7 cm³/mol. The predicted octanol–water partition coefficient (Wildman–Crippen LogP) is 3.45. The van der Waals surface area contributed by atoms with Crippen LogP contribution in [-0.4, -0.2) is 6.54 Å². The molecule has 0 aliphatic rings. The number of nitrogens with one attached hydrogen (secondary N) is 1. The van der Waals surface area contributed by atoms with Crippen LogP contribution >= 0.6 is 15.9 Å². The van der Waals surface area contributed by atoms with Gasteiger partial charge in [-0.1, -0.05) is 28.6 Å². The van der Waals surface area contributed by atoms with Crippen molar-refractivity contribution in [3.05, 3.63) is 40.6 Å². The topological polar surface area (TPSA) is 12.0 Å². The first-order valence-electron chi connectivity index (χ1n) is 3.93. The van der Waals surface area contributed by atoms with Gasteiger partial charge in [0.15, 0.2) is 0 Å². The summed E-state index contributed by atoms with van der Waals surface area (Å²) in [5.74, 6) is -0.190. The molecule has 0 bridgehead atoms. The van der Waals surface area contributed by atoms with Crippen LogP contribution in [-0.2, 0) is 0 Å². The maximum absolute atomic E-state index is 13.0. The molecular formula is C10H11BrFN. The van der Waals surface area contributed by atoms with Gasteiger partial charge in [-0.3, -0.25) is 0 Å². The number of rotatable bonds is 3. The molecule has 0 radical (unpaired) electrons. The van der Waals surface area contributed by atoms with E-state index in [1.807, 2.05) is 6.07 Å². The standard InChI is InChI=1S/C10H11BrFN/c1-7-3-4-9(5-10(7)12)13-6-8(2)11/h3-5,13H,2,6H2,1H3. The first-order chi connectivity index (χ1) is 6.09. The summed E-state index contributed by atoms with van der Waals surface area (Å²) in [6.07, 6.45) is 0. The van der Waals surface area contributed by atoms with Crippen LogP contribution in [0.2, 0.25) is 0 Å². The highest BCUT2D eigenvalue weighted by molar-refractivity contribution is 9.11. The van der Waals surface area contributed by atoms with Crippen molar-refractivity contribution in [1.82, 2.24) is 0 Å². The van der Waals surface area contributed by atoms with Gasteiger partial charge in [0.2, 0.25) is 0 Å². The van der Waals surface area contributed by atoms with Gasteiger partial charge in [0.05, 0.1) is 0 Å². The molecule has 0 heterocycles. The molecule has 3 heteroatoms. The van der Waals surface area contributed by atoms with Crippen molar-refractivity contribution >= 4 is 21.6 Å². The molecule has 0 unspecified atom stereocenters. The van der Waals surface area contributed by atoms with Gasteiger partial charge in [-0.05, 0) is 24.6 Å². The zero-order chi connectivity index (χ0) is 9.84. The molecule has 1 aromatic carbocycles. The van der Waals surface area contributed by atoms with E-state index in [1.54, 1.807) is 13.0 Å². The van der Waals surface area contributed by atoms with Crippen molar-refractivity contribution in [2.75, 3.05) is 11.9 Å². The van der Waals surface area contributed by atoms with E-state index in [1.165, 1.54) is 6.07 Å². The van der Waals surface area contributed by atoms with Gasteiger partial charge in [-0.15, -0.1) is 0 Å². The summed E-state index contributed by atoms with van der Waals surface area (Å²) < 4.78 is 13.9. The minimum absolute atomic E-state index is 0.190. The molecule has 0 aromatic heterocycles. The second-order valence-electron chi connectivity index (χ2n) is 2.83. The van der Waals surface area contributed by atoms with Gasteiger partial charge in [0.1, 0.15) is 5.82 Å². The zero-order valence-corrected chi connectivity index (χ0v) is 8.99. The van der Waals surface area contributed by atoms with Gasteiger partial charge in [-0.25, -0.2) is 4.39 Å². The lowest BCUT2D eigenvalue weighted by Gasteiger charge is -2.05. The molecule has 0 aliphatic heterocycles. The second-order valence-corrected chi connectivity index (χ2v) is 3.96. The van der Waals surface area contributed by atoms with E-state index in [0.29, 0.717) is 12.1 Å². The number of benzene rings is 1. The Kier molecular flexibility index (Phi) is 3.48. The third kappa shape index (κ3) is 3.19. The summed E-state index contributed by atoms with van der Waals surface area (Å²) in [6, 6.07) is 5.06. The smallest absolute Gasteiger partial charge is 0.128 e. The Morgan fingerprint density at radius 3 is 2.85 bits per heavy atom. The lowest BCUT2D eigenvalue weighted by molar-refractivity contribution is 0.619. The molecule has 0 spiro atoms. The minimum Gasteiger partial charge on any atom is -0.380 e. The van der Waals surface area contributed by atoms with Crippen molar-refractivity contribution in [2.24, 2.45) is 0 Å². The summed E-state index contributed by atoms with van der Waals surface area (Å²) >= 11 is 3.21. The third-order valence-corrected chi connectivity index (χ3v) is 1.94. The molecule has 1 nitrogen and oxygen atoms in total. The maximum atomic E-state index is 13.0. The number of aryl methyl sites for hydroxylation is 1. The van der Waals surface area contributed by atoms with Gasteiger partial charge < -0.3 is 5.32 Å². The number of halogens is 2. The van der Waals surface area contributed by atoms with E-state index < -0.39 is 0 Å². The molecule has 0 amide bonds. The maximum Gasteiger partial charge on any atom is 0.128 e. The van der Waals surface area contributed by atoms with Crippen LogP contribution in [0, 0.1) is 12.7 Å². The average Bonchev–Trinajstić information content (AvgIpc) is 2.07. The van der Waals surface area contributed by atoms with Crippen LogP contribution in [0.5, 0.6) is 0 Å². The van der Waals surface area contributed by atoms with Crippen molar-refractivity contribution in [1.29, 1.82) is 0 Å². The van der Waals surface area contributed by atoms with E-state index in [9.17, 15) is 4.39 Å². The molecule has 70 valence electrons. The Labute approximate surface area is 85.8 Å². The highest BCUT2D eigenvalue weighted by atomic mass is 79.9. The molecule has 1 N–H and O–H groups in total. The molecule has 1 aromatic rings. The van der Waals surface area contributed by atoms with Crippen molar-refractivity contribution < 1.29 is 4.39 Å². The fraction of sp³-hybridized carbons (Fsp3) is 0.200. The minimum atomic E-state index is -0.190. The first-order valence-corrected chi connectivity index (χ1v) is 4.72. The van der Waals surface area contributed by atoms with E-state index in [4.69, 9.17) is 0 Å². The summed E-state index contributed by atoms with van der Waals surface area (Å²) in [4.78, 5) is 0. The lowest BCUT2D eigenvalue weighted by atomic mass is 10.2. The molecule has 0 saturated heterocycles. The highest BCUT2D eigenvalue weighted by Crippen LogP contribution is 2.14. The van der Waals surface area contributed by atoms with E-state index in [0.717, 1.165) is 10.2 Å². The molecule has 1 rings (SSSR count). The fourth-order valence-corrected chi connectivity index (χ4v) is 1.04. The SMILES string of the molecule is C=C(Br)CNc1ccc(C)c(F)c1. The van der Waals surface area contributed by atoms with Crippen molar-refractivity contribution in [2.45, 2.75) is 6.92 Å². The summed E-state index contributed by atoms with van der Waals surface area (Å²) in [6.45, 7) is 6.01. The van der Waals surface area contributed by atoms with E-state index in [2.05, 4.69) is 27.8 Å². The fourth-order valence-electron chi connectivity index (χ4n) is 0.901. The van der Waals surface area contributed by atoms with E-state index in [-0.39, 0.29) is 5.82 Å². The lowest BCUT2D eigenvalue weighted by Crippen LogP contribution is -2.00.